The number of alkyl halides is 3. The summed E-state index contributed by atoms with van der Waals surface area (Å²) in [6.45, 7) is 0.584. The predicted octanol–water partition coefficient (Wildman–Crippen LogP) is 3.15. The van der Waals surface area contributed by atoms with Gasteiger partial charge in [0.25, 0.3) is 0 Å². The number of halogens is 3. The number of aromatic nitrogens is 4. The van der Waals surface area contributed by atoms with Gasteiger partial charge in [0.1, 0.15) is 6.54 Å². The summed E-state index contributed by atoms with van der Waals surface area (Å²) in [7, 11) is 1.81. The summed E-state index contributed by atoms with van der Waals surface area (Å²) in [6.07, 6.45) is 4.72. The molecule has 2 amide bonds. The minimum absolute atomic E-state index is 0.146. The molecule has 4 rings (SSSR count). The Labute approximate surface area is 171 Å². The molecule has 0 aromatic carbocycles. The number of hydrogen-bond acceptors (Lipinski definition) is 5. The number of nitrogens with zero attached hydrogens (tertiary/aromatic N) is 5. The van der Waals surface area contributed by atoms with Gasteiger partial charge in [-0.05, 0) is 37.3 Å². The minimum Gasteiger partial charge on any atom is -0.329 e. The summed E-state index contributed by atoms with van der Waals surface area (Å²) in [6, 6.07) is -1.06. The maximum Gasteiger partial charge on any atom is 0.405 e. The summed E-state index contributed by atoms with van der Waals surface area (Å²) in [5, 5.41) is 9.20. The van der Waals surface area contributed by atoms with Crippen LogP contribution in [-0.4, -0.2) is 55.5 Å². The molecule has 2 aliphatic rings. The number of aryl methyl sites for hydroxylation is 2. The van der Waals surface area contributed by atoms with Crippen LogP contribution in [0.5, 0.6) is 0 Å². The summed E-state index contributed by atoms with van der Waals surface area (Å²) in [5.41, 5.74) is 3.42. The van der Waals surface area contributed by atoms with E-state index in [0.717, 1.165) is 35.4 Å². The number of carbonyl (C=O) groups is 1. The van der Waals surface area contributed by atoms with Gasteiger partial charge in [-0.15, -0.1) is 0 Å². The van der Waals surface area contributed by atoms with Crippen molar-refractivity contribution in [2.45, 2.75) is 44.4 Å². The Kier molecular flexibility index (Phi) is 5.12. The van der Waals surface area contributed by atoms with Gasteiger partial charge in [-0.3, -0.25) is 4.68 Å². The standard InChI is InChI=1S/C19H22F3N7O/c1-11-7-23-17(26-13-8-25-28(2)9-13)27-16(11)12-5-14-3-4-15(6-12)29(14)18(30)24-10-19(20,21)22/h5,7-9,14-15H,3-4,6,10H2,1-2H3,(H,24,30)(H,23,26,27)/t14-,15+/m0/s1. The molecular weight excluding hydrogens is 399 g/mol. The van der Waals surface area contributed by atoms with Crippen molar-refractivity contribution in [3.8, 4) is 0 Å². The molecule has 0 saturated carbocycles. The molecule has 160 valence electrons. The van der Waals surface area contributed by atoms with Crippen LogP contribution >= 0.6 is 0 Å². The maximum absolute atomic E-state index is 12.4. The van der Waals surface area contributed by atoms with E-state index in [1.807, 2.05) is 25.4 Å². The van der Waals surface area contributed by atoms with Crippen LogP contribution < -0.4 is 10.6 Å². The first-order chi connectivity index (χ1) is 14.2. The number of carbonyl (C=O) groups excluding carboxylic acids is 1. The lowest BCUT2D eigenvalue weighted by Gasteiger charge is -2.34. The first kappa shape index (κ1) is 20.2. The highest BCUT2D eigenvalue weighted by atomic mass is 19.4. The molecule has 1 saturated heterocycles. The van der Waals surface area contributed by atoms with Crippen molar-refractivity contribution in [3.63, 3.8) is 0 Å². The fourth-order valence-corrected chi connectivity index (χ4v) is 4.03. The molecule has 30 heavy (non-hydrogen) atoms. The molecule has 1 fully saturated rings. The smallest absolute Gasteiger partial charge is 0.329 e. The van der Waals surface area contributed by atoms with E-state index < -0.39 is 18.8 Å². The van der Waals surface area contributed by atoms with E-state index in [1.165, 1.54) is 4.90 Å². The second-order valence-electron chi connectivity index (χ2n) is 7.63. The van der Waals surface area contributed by atoms with Crippen LogP contribution in [0.3, 0.4) is 0 Å². The zero-order valence-corrected chi connectivity index (χ0v) is 16.6. The Bertz CT molecular complexity index is 985. The van der Waals surface area contributed by atoms with Crippen molar-refractivity contribution in [2.75, 3.05) is 11.9 Å². The number of amides is 2. The highest BCUT2D eigenvalue weighted by Gasteiger charge is 2.41. The van der Waals surface area contributed by atoms with E-state index in [-0.39, 0.29) is 12.1 Å². The van der Waals surface area contributed by atoms with Crippen LogP contribution in [0.25, 0.3) is 5.57 Å². The highest BCUT2D eigenvalue weighted by Crippen LogP contribution is 2.39. The van der Waals surface area contributed by atoms with Crippen molar-refractivity contribution in [1.82, 2.24) is 30.0 Å². The van der Waals surface area contributed by atoms with Gasteiger partial charge in [0.05, 0.1) is 23.6 Å². The van der Waals surface area contributed by atoms with E-state index >= 15 is 0 Å². The average molecular weight is 421 g/mol. The van der Waals surface area contributed by atoms with Gasteiger partial charge in [0, 0.05) is 25.5 Å². The number of fused-ring (bicyclic) bond motifs is 2. The molecule has 2 bridgehead atoms. The van der Waals surface area contributed by atoms with E-state index in [4.69, 9.17) is 0 Å². The van der Waals surface area contributed by atoms with Crippen molar-refractivity contribution >= 4 is 23.2 Å². The number of urea groups is 1. The largest absolute Gasteiger partial charge is 0.405 e. The number of hydrogen-bond donors (Lipinski definition) is 2. The highest BCUT2D eigenvalue weighted by molar-refractivity contribution is 5.79. The van der Waals surface area contributed by atoms with Gasteiger partial charge < -0.3 is 15.5 Å². The molecule has 2 aromatic rings. The maximum atomic E-state index is 12.4. The van der Waals surface area contributed by atoms with E-state index in [0.29, 0.717) is 12.4 Å². The summed E-state index contributed by atoms with van der Waals surface area (Å²) in [5.74, 6) is 0.433. The van der Waals surface area contributed by atoms with Gasteiger partial charge in [-0.2, -0.15) is 18.3 Å². The number of nitrogens with one attached hydrogen (secondary N) is 2. The van der Waals surface area contributed by atoms with Gasteiger partial charge in [0.2, 0.25) is 5.95 Å². The summed E-state index contributed by atoms with van der Waals surface area (Å²) >= 11 is 0. The molecule has 0 radical (unpaired) electrons. The van der Waals surface area contributed by atoms with Crippen LogP contribution in [0.15, 0.2) is 24.7 Å². The van der Waals surface area contributed by atoms with E-state index in [1.54, 1.807) is 23.3 Å². The second-order valence-corrected chi connectivity index (χ2v) is 7.63. The number of anilines is 2. The van der Waals surface area contributed by atoms with Gasteiger partial charge >= 0.3 is 12.2 Å². The molecule has 11 heteroatoms. The van der Waals surface area contributed by atoms with E-state index in [9.17, 15) is 18.0 Å². The summed E-state index contributed by atoms with van der Waals surface area (Å²) in [4.78, 5) is 22.8. The SMILES string of the molecule is Cc1cnc(Nc2cnn(C)c2)nc1C1=C[C@@H]2CC[C@H](C1)N2C(=O)NCC(F)(F)F. The third-order valence-electron chi connectivity index (χ3n) is 5.31. The normalized spacial score (nSPS) is 20.8. The Balaban J connectivity index is 1.53. The Morgan fingerprint density at radius 1 is 1.30 bits per heavy atom. The fraction of sp³-hybridized carbons (Fsp3) is 0.474. The Morgan fingerprint density at radius 3 is 2.77 bits per heavy atom. The lowest BCUT2D eigenvalue weighted by atomic mass is 9.96. The molecule has 4 heterocycles. The lowest BCUT2D eigenvalue weighted by Crippen LogP contribution is -2.50. The topological polar surface area (TPSA) is 88.0 Å². The molecule has 2 aromatic heterocycles. The van der Waals surface area contributed by atoms with Crippen LogP contribution in [0, 0.1) is 6.92 Å². The van der Waals surface area contributed by atoms with Crippen molar-refractivity contribution in [2.24, 2.45) is 7.05 Å². The lowest BCUT2D eigenvalue weighted by molar-refractivity contribution is -0.123. The first-order valence-electron chi connectivity index (χ1n) is 9.63. The van der Waals surface area contributed by atoms with Crippen LogP contribution in [0.1, 0.15) is 30.5 Å². The van der Waals surface area contributed by atoms with Gasteiger partial charge in [-0.25, -0.2) is 14.8 Å². The van der Waals surface area contributed by atoms with Gasteiger partial charge in [0.15, 0.2) is 0 Å². The zero-order chi connectivity index (χ0) is 21.5. The van der Waals surface area contributed by atoms with Gasteiger partial charge in [-0.1, -0.05) is 6.08 Å². The fourth-order valence-electron chi connectivity index (χ4n) is 4.03. The molecule has 2 N–H and O–H groups in total. The predicted molar refractivity (Wildman–Crippen MR) is 104 cm³/mol. The summed E-state index contributed by atoms with van der Waals surface area (Å²) < 4.78 is 39.0. The molecule has 8 nitrogen and oxygen atoms in total. The second kappa shape index (κ2) is 7.62. The van der Waals surface area contributed by atoms with E-state index in [2.05, 4.69) is 20.4 Å². The molecule has 2 aliphatic heterocycles. The van der Waals surface area contributed by atoms with Crippen LogP contribution in [0.4, 0.5) is 29.6 Å². The van der Waals surface area contributed by atoms with Crippen molar-refractivity contribution in [3.05, 3.63) is 35.9 Å². The minimum atomic E-state index is -4.43. The Morgan fingerprint density at radius 2 is 2.10 bits per heavy atom. The van der Waals surface area contributed by atoms with Crippen LogP contribution in [-0.2, 0) is 7.05 Å². The first-order valence-corrected chi connectivity index (χ1v) is 9.63. The zero-order valence-electron chi connectivity index (χ0n) is 16.6. The third kappa shape index (κ3) is 4.24. The quantitative estimate of drug-likeness (QED) is 0.792. The average Bonchev–Trinajstić information content (AvgIpc) is 3.20. The van der Waals surface area contributed by atoms with Crippen molar-refractivity contribution < 1.29 is 18.0 Å². The molecule has 0 unspecified atom stereocenters. The Hall–Kier alpha value is -3.11. The number of rotatable bonds is 4. The monoisotopic (exact) mass is 421 g/mol. The van der Waals surface area contributed by atoms with Crippen LogP contribution in [0.2, 0.25) is 0 Å². The third-order valence-corrected chi connectivity index (χ3v) is 5.31. The molecule has 0 spiro atoms. The molecular formula is C19H22F3N7O. The molecule has 0 aliphatic carbocycles. The van der Waals surface area contributed by atoms with Crippen molar-refractivity contribution in [1.29, 1.82) is 0 Å². The molecule has 2 atom stereocenters.